The molecule has 1 saturated carbocycles. The fraction of sp³-hybridized carbons (Fsp3) is 0.538. The summed E-state index contributed by atoms with van der Waals surface area (Å²) in [5.41, 5.74) is 0.608. The number of nitrogens with zero attached hydrogens (tertiary/aromatic N) is 1. The Kier molecular flexibility index (Phi) is 4.13. The van der Waals surface area contributed by atoms with Gasteiger partial charge in [0.15, 0.2) is 0 Å². The normalized spacial score (nSPS) is 17.7. The van der Waals surface area contributed by atoms with E-state index in [1.807, 2.05) is 0 Å². The van der Waals surface area contributed by atoms with Gasteiger partial charge in [-0.15, -0.1) is 0 Å². The number of carbonyl (C=O) groups is 1. The minimum Gasteiger partial charge on any atom is -0.351 e. The van der Waals surface area contributed by atoms with Crippen LogP contribution in [0.5, 0.6) is 0 Å². The third-order valence-electron chi connectivity index (χ3n) is 3.55. The molecule has 2 rings (SSSR count). The van der Waals surface area contributed by atoms with Crippen molar-refractivity contribution in [3.05, 3.63) is 28.0 Å². The zero-order valence-corrected chi connectivity index (χ0v) is 11.8. The maximum absolute atomic E-state index is 12.0. The van der Waals surface area contributed by atoms with E-state index in [0.29, 0.717) is 17.1 Å². The van der Waals surface area contributed by atoms with Gasteiger partial charge in [-0.1, -0.05) is 43.0 Å². The minimum absolute atomic E-state index is 0.183. The molecule has 0 aromatic carbocycles. The van der Waals surface area contributed by atoms with Crippen molar-refractivity contribution >= 4 is 29.1 Å². The second-order valence-corrected chi connectivity index (χ2v) is 5.98. The van der Waals surface area contributed by atoms with Gasteiger partial charge in [0.1, 0.15) is 5.15 Å². The zero-order chi connectivity index (χ0) is 13.2. The molecular formula is C13H16Cl2N2O. The molecule has 0 radical (unpaired) electrons. The SMILES string of the molecule is CC1(CNC(=O)c2cc(Cl)ncc2Cl)CCCC1. The van der Waals surface area contributed by atoms with E-state index >= 15 is 0 Å². The number of aromatic nitrogens is 1. The van der Waals surface area contributed by atoms with Crippen molar-refractivity contribution in [2.24, 2.45) is 5.41 Å². The number of amides is 1. The van der Waals surface area contributed by atoms with Gasteiger partial charge in [-0.05, 0) is 24.3 Å². The molecule has 0 unspecified atom stereocenters. The number of halogens is 2. The summed E-state index contributed by atoms with van der Waals surface area (Å²) in [4.78, 5) is 15.9. The molecule has 1 aliphatic carbocycles. The summed E-state index contributed by atoms with van der Waals surface area (Å²) in [5, 5.41) is 3.54. The lowest BCUT2D eigenvalue weighted by Gasteiger charge is -2.23. The second-order valence-electron chi connectivity index (χ2n) is 5.19. The Balaban J connectivity index is 2.01. The van der Waals surface area contributed by atoms with Crippen LogP contribution in [0.2, 0.25) is 10.2 Å². The summed E-state index contributed by atoms with van der Waals surface area (Å²) in [6.45, 7) is 2.89. The van der Waals surface area contributed by atoms with Crippen molar-refractivity contribution in [3.63, 3.8) is 0 Å². The first-order chi connectivity index (χ1) is 8.50. The molecule has 1 amide bonds. The van der Waals surface area contributed by atoms with Gasteiger partial charge in [-0.3, -0.25) is 4.79 Å². The van der Waals surface area contributed by atoms with Crippen molar-refractivity contribution in [3.8, 4) is 0 Å². The van der Waals surface area contributed by atoms with Crippen molar-refractivity contribution < 1.29 is 4.79 Å². The Bertz CT molecular complexity index is 456. The van der Waals surface area contributed by atoms with E-state index < -0.39 is 0 Å². The lowest BCUT2D eigenvalue weighted by atomic mass is 9.89. The summed E-state index contributed by atoms with van der Waals surface area (Å²) in [5.74, 6) is -0.183. The van der Waals surface area contributed by atoms with E-state index in [2.05, 4.69) is 17.2 Å². The Morgan fingerprint density at radius 3 is 2.78 bits per heavy atom. The van der Waals surface area contributed by atoms with E-state index in [0.717, 1.165) is 12.8 Å². The maximum atomic E-state index is 12.0. The highest BCUT2D eigenvalue weighted by atomic mass is 35.5. The van der Waals surface area contributed by atoms with Gasteiger partial charge in [0.25, 0.3) is 5.91 Å². The van der Waals surface area contributed by atoms with Gasteiger partial charge in [0.2, 0.25) is 0 Å². The molecule has 5 heteroatoms. The number of hydrogen-bond acceptors (Lipinski definition) is 2. The van der Waals surface area contributed by atoms with Crippen LogP contribution in [-0.2, 0) is 0 Å². The van der Waals surface area contributed by atoms with Crippen molar-refractivity contribution in [1.29, 1.82) is 0 Å². The first-order valence-corrected chi connectivity index (χ1v) is 6.85. The number of pyridine rings is 1. The van der Waals surface area contributed by atoms with Crippen LogP contribution >= 0.6 is 23.2 Å². The third kappa shape index (κ3) is 3.15. The number of hydrogen-bond donors (Lipinski definition) is 1. The maximum Gasteiger partial charge on any atom is 0.252 e. The number of rotatable bonds is 3. The predicted octanol–water partition coefficient (Wildman–Crippen LogP) is 3.70. The van der Waals surface area contributed by atoms with E-state index in [1.54, 1.807) is 0 Å². The Morgan fingerprint density at radius 1 is 1.44 bits per heavy atom. The van der Waals surface area contributed by atoms with Crippen LogP contribution in [0.1, 0.15) is 43.0 Å². The molecule has 0 bridgehead atoms. The molecule has 1 fully saturated rings. The van der Waals surface area contributed by atoms with Gasteiger partial charge in [0.05, 0.1) is 10.6 Å². The smallest absolute Gasteiger partial charge is 0.252 e. The molecule has 0 aliphatic heterocycles. The van der Waals surface area contributed by atoms with Crippen molar-refractivity contribution in [1.82, 2.24) is 10.3 Å². The van der Waals surface area contributed by atoms with Gasteiger partial charge < -0.3 is 5.32 Å². The average molecular weight is 287 g/mol. The Morgan fingerprint density at radius 2 is 2.11 bits per heavy atom. The van der Waals surface area contributed by atoms with Crippen molar-refractivity contribution in [2.45, 2.75) is 32.6 Å². The lowest BCUT2D eigenvalue weighted by molar-refractivity contribution is 0.0934. The molecule has 0 atom stereocenters. The highest BCUT2D eigenvalue weighted by Gasteiger charge is 2.29. The van der Waals surface area contributed by atoms with E-state index in [4.69, 9.17) is 23.2 Å². The molecular weight excluding hydrogens is 271 g/mol. The van der Waals surface area contributed by atoms with E-state index in [1.165, 1.54) is 25.1 Å². The Hall–Kier alpha value is -0.800. The summed E-state index contributed by atoms with van der Waals surface area (Å²) in [6, 6.07) is 1.50. The number of nitrogens with one attached hydrogen (secondary N) is 1. The summed E-state index contributed by atoms with van der Waals surface area (Å²) >= 11 is 11.7. The molecule has 1 heterocycles. The number of carbonyl (C=O) groups excluding carboxylic acids is 1. The average Bonchev–Trinajstić information content (AvgIpc) is 2.77. The van der Waals surface area contributed by atoms with Gasteiger partial charge >= 0.3 is 0 Å². The largest absolute Gasteiger partial charge is 0.351 e. The van der Waals surface area contributed by atoms with Gasteiger partial charge in [-0.2, -0.15) is 0 Å². The van der Waals surface area contributed by atoms with E-state index in [-0.39, 0.29) is 16.5 Å². The van der Waals surface area contributed by atoms with Gasteiger partial charge in [0, 0.05) is 12.7 Å². The molecule has 1 aromatic rings. The van der Waals surface area contributed by atoms with Crippen LogP contribution in [0.25, 0.3) is 0 Å². The molecule has 1 N–H and O–H groups in total. The van der Waals surface area contributed by atoms with Crippen LogP contribution < -0.4 is 5.32 Å². The molecule has 18 heavy (non-hydrogen) atoms. The van der Waals surface area contributed by atoms with Gasteiger partial charge in [-0.25, -0.2) is 4.98 Å². The standard InChI is InChI=1S/C13H16Cl2N2O/c1-13(4-2-3-5-13)8-17-12(18)9-6-11(15)16-7-10(9)14/h6-7H,2-5,8H2,1H3,(H,17,18). The predicted molar refractivity (Wildman–Crippen MR) is 73.2 cm³/mol. The first-order valence-electron chi connectivity index (χ1n) is 6.09. The topological polar surface area (TPSA) is 42.0 Å². The monoisotopic (exact) mass is 286 g/mol. The van der Waals surface area contributed by atoms with Crippen molar-refractivity contribution in [2.75, 3.05) is 6.54 Å². The fourth-order valence-electron chi connectivity index (χ4n) is 2.38. The highest BCUT2D eigenvalue weighted by molar-refractivity contribution is 6.35. The second kappa shape index (κ2) is 5.45. The zero-order valence-electron chi connectivity index (χ0n) is 10.3. The highest BCUT2D eigenvalue weighted by Crippen LogP contribution is 2.36. The third-order valence-corrected chi connectivity index (χ3v) is 4.06. The quantitative estimate of drug-likeness (QED) is 0.861. The lowest BCUT2D eigenvalue weighted by Crippen LogP contribution is -2.34. The summed E-state index contributed by atoms with van der Waals surface area (Å²) in [7, 11) is 0. The summed E-state index contributed by atoms with van der Waals surface area (Å²) in [6.07, 6.45) is 6.22. The Labute approximate surface area is 117 Å². The molecule has 3 nitrogen and oxygen atoms in total. The molecule has 0 saturated heterocycles. The van der Waals surface area contributed by atoms with Crippen LogP contribution in [0.4, 0.5) is 0 Å². The van der Waals surface area contributed by atoms with Crippen LogP contribution in [-0.4, -0.2) is 17.4 Å². The molecule has 1 aromatic heterocycles. The molecule has 0 spiro atoms. The fourth-order valence-corrected chi connectivity index (χ4v) is 2.73. The van der Waals surface area contributed by atoms with Crippen LogP contribution in [0, 0.1) is 5.41 Å². The minimum atomic E-state index is -0.183. The first kappa shape index (κ1) is 13.6. The molecule has 1 aliphatic rings. The van der Waals surface area contributed by atoms with Crippen LogP contribution in [0.15, 0.2) is 12.3 Å². The van der Waals surface area contributed by atoms with Crippen LogP contribution in [0.3, 0.4) is 0 Å². The summed E-state index contributed by atoms with van der Waals surface area (Å²) < 4.78 is 0. The molecule has 98 valence electrons. The van der Waals surface area contributed by atoms with E-state index in [9.17, 15) is 4.79 Å².